The summed E-state index contributed by atoms with van der Waals surface area (Å²) in [7, 11) is 0. The monoisotopic (exact) mass is 476 g/mol. The molecule has 3 unspecified atom stereocenters. The molecule has 2 aliphatic carbocycles. The molecule has 35 heavy (non-hydrogen) atoms. The molecule has 0 bridgehead atoms. The molecule has 5 rings (SSSR count). The molecule has 3 aliphatic rings. The number of ether oxygens (including phenoxy) is 1. The van der Waals surface area contributed by atoms with Gasteiger partial charge in [0.2, 0.25) is 5.91 Å². The van der Waals surface area contributed by atoms with Gasteiger partial charge in [-0.3, -0.25) is 4.79 Å². The van der Waals surface area contributed by atoms with Crippen LogP contribution in [-0.4, -0.2) is 53.2 Å². The van der Waals surface area contributed by atoms with E-state index in [9.17, 15) is 19.5 Å². The molecule has 0 spiro atoms. The minimum Gasteiger partial charge on any atom is -0.480 e. The van der Waals surface area contributed by atoms with E-state index in [4.69, 9.17) is 4.74 Å². The number of likely N-dealkylation sites (tertiary alicyclic amines) is 1. The molecular formula is C28H32N2O5. The number of hydrogen-bond donors (Lipinski definition) is 2. The lowest BCUT2D eigenvalue weighted by Gasteiger charge is -2.33. The van der Waals surface area contributed by atoms with E-state index >= 15 is 0 Å². The maximum absolute atomic E-state index is 12.9. The van der Waals surface area contributed by atoms with Crippen LogP contribution in [0.1, 0.15) is 62.0 Å². The number of fused-ring (bicyclic) bond motifs is 3. The number of amides is 2. The number of nitrogens with one attached hydrogen (secondary N) is 1. The fourth-order valence-corrected chi connectivity index (χ4v) is 6.10. The molecule has 1 saturated carbocycles. The Hall–Kier alpha value is -3.35. The van der Waals surface area contributed by atoms with Crippen molar-refractivity contribution in [2.45, 2.75) is 62.9 Å². The molecule has 0 aromatic heterocycles. The van der Waals surface area contributed by atoms with Gasteiger partial charge in [-0.25, -0.2) is 9.59 Å². The number of alkyl carbamates (subject to hydrolysis) is 1. The molecule has 1 saturated heterocycles. The Kier molecular flexibility index (Phi) is 6.75. The zero-order valence-corrected chi connectivity index (χ0v) is 19.8. The molecule has 3 atom stereocenters. The largest absolute Gasteiger partial charge is 0.480 e. The minimum absolute atomic E-state index is 0.000000687. The van der Waals surface area contributed by atoms with Crippen LogP contribution >= 0.6 is 0 Å². The molecule has 2 aromatic carbocycles. The Morgan fingerprint density at radius 3 is 2.26 bits per heavy atom. The van der Waals surface area contributed by atoms with E-state index in [0.717, 1.165) is 32.1 Å². The summed E-state index contributed by atoms with van der Waals surface area (Å²) >= 11 is 0. The number of carboxylic acid groups (broad SMARTS) is 1. The van der Waals surface area contributed by atoms with E-state index in [1.165, 1.54) is 27.2 Å². The van der Waals surface area contributed by atoms with Crippen molar-refractivity contribution in [1.29, 1.82) is 0 Å². The summed E-state index contributed by atoms with van der Waals surface area (Å²) in [5, 5.41) is 12.4. The van der Waals surface area contributed by atoms with Crippen molar-refractivity contribution < 1.29 is 24.2 Å². The van der Waals surface area contributed by atoms with Crippen LogP contribution in [0.4, 0.5) is 4.79 Å². The standard InChI is InChI=1S/C28H32N2O5/c31-26(30-15-7-14-25(30)27(32)33)16-18-8-1-6-13-24(18)29-28(34)35-17-23-21-11-4-2-9-19(21)20-10-3-5-12-22(20)23/h2-5,9-12,18,23-25H,1,6-8,13-17H2,(H,29,34)(H,32,33). The first-order valence-corrected chi connectivity index (χ1v) is 12.7. The van der Waals surface area contributed by atoms with Crippen LogP contribution in [0.3, 0.4) is 0 Å². The fourth-order valence-electron chi connectivity index (χ4n) is 6.10. The van der Waals surface area contributed by atoms with Crippen molar-refractivity contribution in [3.63, 3.8) is 0 Å². The van der Waals surface area contributed by atoms with Crippen LogP contribution in [-0.2, 0) is 14.3 Å². The Morgan fingerprint density at radius 2 is 1.57 bits per heavy atom. The highest BCUT2D eigenvalue weighted by atomic mass is 16.5. The van der Waals surface area contributed by atoms with Gasteiger partial charge in [-0.05, 0) is 53.9 Å². The van der Waals surface area contributed by atoms with E-state index in [2.05, 4.69) is 29.6 Å². The molecule has 2 aromatic rings. The molecule has 2 amide bonds. The van der Waals surface area contributed by atoms with Gasteiger partial charge in [-0.15, -0.1) is 0 Å². The van der Waals surface area contributed by atoms with Gasteiger partial charge < -0.3 is 20.1 Å². The molecular weight excluding hydrogens is 444 g/mol. The highest BCUT2D eigenvalue weighted by molar-refractivity contribution is 5.84. The van der Waals surface area contributed by atoms with Crippen molar-refractivity contribution in [2.24, 2.45) is 5.92 Å². The molecule has 7 heteroatoms. The number of nitrogens with zero attached hydrogens (tertiary/aromatic N) is 1. The number of carbonyl (C=O) groups is 3. The van der Waals surface area contributed by atoms with E-state index < -0.39 is 18.1 Å². The van der Waals surface area contributed by atoms with Crippen LogP contribution < -0.4 is 5.32 Å². The smallest absolute Gasteiger partial charge is 0.407 e. The molecule has 0 radical (unpaired) electrons. The van der Waals surface area contributed by atoms with Gasteiger partial charge in [0.05, 0.1) is 0 Å². The molecule has 2 N–H and O–H groups in total. The SMILES string of the molecule is O=C(NC1CCCCC1CC(=O)N1CCCC1C(=O)O)OCC1c2ccccc2-c2ccccc21. The number of benzene rings is 2. The predicted molar refractivity (Wildman–Crippen MR) is 131 cm³/mol. The first-order valence-electron chi connectivity index (χ1n) is 12.7. The third kappa shape index (κ3) is 4.77. The van der Waals surface area contributed by atoms with Crippen molar-refractivity contribution >= 4 is 18.0 Å². The maximum atomic E-state index is 12.9. The third-order valence-corrected chi connectivity index (χ3v) is 7.85. The summed E-state index contributed by atoms with van der Waals surface area (Å²) in [6.45, 7) is 0.747. The summed E-state index contributed by atoms with van der Waals surface area (Å²) < 4.78 is 5.72. The average Bonchev–Trinajstić information content (AvgIpc) is 3.48. The van der Waals surface area contributed by atoms with Crippen LogP contribution in [0.5, 0.6) is 0 Å². The quantitative estimate of drug-likeness (QED) is 0.638. The minimum atomic E-state index is -0.937. The van der Waals surface area contributed by atoms with Gasteiger partial charge in [0.25, 0.3) is 0 Å². The number of rotatable bonds is 6. The first kappa shape index (κ1) is 23.4. The lowest BCUT2D eigenvalue weighted by Crippen LogP contribution is -2.46. The van der Waals surface area contributed by atoms with Gasteiger partial charge in [-0.2, -0.15) is 0 Å². The number of aliphatic carboxylic acids is 1. The highest BCUT2D eigenvalue weighted by Gasteiger charge is 2.37. The van der Waals surface area contributed by atoms with E-state index in [0.29, 0.717) is 13.0 Å². The number of carbonyl (C=O) groups excluding carboxylic acids is 2. The molecule has 2 fully saturated rings. The normalized spacial score (nSPS) is 23.4. The van der Waals surface area contributed by atoms with Gasteiger partial charge in [0.15, 0.2) is 0 Å². The lowest BCUT2D eigenvalue weighted by atomic mass is 9.82. The van der Waals surface area contributed by atoms with E-state index in [1.54, 1.807) is 0 Å². The van der Waals surface area contributed by atoms with Crippen molar-refractivity contribution in [2.75, 3.05) is 13.2 Å². The van der Waals surface area contributed by atoms with Crippen LogP contribution in [0, 0.1) is 5.92 Å². The Labute approximate surface area is 205 Å². The first-order chi connectivity index (χ1) is 17.0. The number of carboxylic acids is 1. The van der Waals surface area contributed by atoms with Crippen molar-refractivity contribution in [3.05, 3.63) is 59.7 Å². The van der Waals surface area contributed by atoms with E-state index in [-0.39, 0.29) is 36.8 Å². The second-order valence-electron chi connectivity index (χ2n) is 9.91. The van der Waals surface area contributed by atoms with Crippen LogP contribution in [0.2, 0.25) is 0 Å². The average molecular weight is 477 g/mol. The summed E-state index contributed by atoms with van der Waals surface area (Å²) in [5.74, 6) is -1.07. The Balaban J connectivity index is 1.20. The van der Waals surface area contributed by atoms with Crippen LogP contribution in [0.25, 0.3) is 11.1 Å². The van der Waals surface area contributed by atoms with Crippen molar-refractivity contribution in [3.8, 4) is 11.1 Å². The van der Waals surface area contributed by atoms with Crippen molar-refractivity contribution in [1.82, 2.24) is 10.2 Å². The fraction of sp³-hybridized carbons (Fsp3) is 0.464. The second kappa shape index (κ2) is 10.1. The van der Waals surface area contributed by atoms with Gasteiger partial charge >= 0.3 is 12.1 Å². The molecule has 7 nitrogen and oxygen atoms in total. The van der Waals surface area contributed by atoms with Gasteiger partial charge in [-0.1, -0.05) is 61.4 Å². The summed E-state index contributed by atoms with van der Waals surface area (Å²) in [6.07, 6.45) is 4.65. The van der Waals surface area contributed by atoms with Gasteiger partial charge in [0, 0.05) is 24.9 Å². The number of hydrogen-bond acceptors (Lipinski definition) is 4. The molecule has 1 heterocycles. The zero-order valence-electron chi connectivity index (χ0n) is 19.8. The van der Waals surface area contributed by atoms with Crippen LogP contribution in [0.15, 0.2) is 48.5 Å². The van der Waals surface area contributed by atoms with Gasteiger partial charge in [0.1, 0.15) is 12.6 Å². The highest BCUT2D eigenvalue weighted by Crippen LogP contribution is 2.44. The second-order valence-corrected chi connectivity index (χ2v) is 9.91. The predicted octanol–water partition coefficient (Wildman–Crippen LogP) is 4.55. The molecule has 184 valence electrons. The topological polar surface area (TPSA) is 95.9 Å². The zero-order chi connectivity index (χ0) is 24.4. The third-order valence-electron chi connectivity index (χ3n) is 7.85. The Bertz CT molecular complexity index is 1070. The summed E-state index contributed by atoms with van der Waals surface area (Å²) in [5.41, 5.74) is 4.71. The molecule has 1 aliphatic heterocycles. The summed E-state index contributed by atoms with van der Waals surface area (Å²) in [4.78, 5) is 38.7. The lowest BCUT2D eigenvalue weighted by molar-refractivity contribution is -0.148. The summed E-state index contributed by atoms with van der Waals surface area (Å²) in [6, 6.07) is 15.6. The Morgan fingerprint density at radius 1 is 0.914 bits per heavy atom. The van der Waals surface area contributed by atoms with E-state index in [1.807, 2.05) is 24.3 Å². The maximum Gasteiger partial charge on any atom is 0.407 e.